The van der Waals surface area contributed by atoms with Crippen LogP contribution in [0.25, 0.3) is 0 Å². The Balaban J connectivity index is 2.76. The Morgan fingerprint density at radius 3 is 3.00 bits per heavy atom. The van der Waals surface area contributed by atoms with Gasteiger partial charge in [0.15, 0.2) is 0 Å². The van der Waals surface area contributed by atoms with Crippen LogP contribution in [0.1, 0.15) is 0 Å². The predicted molar refractivity (Wildman–Crippen MR) is 26.0 cm³/mol. The lowest BCUT2D eigenvalue weighted by Gasteiger charge is -1.83. The fourth-order valence-corrected chi connectivity index (χ4v) is 0.347. The summed E-state index contributed by atoms with van der Waals surface area (Å²) < 4.78 is 4.76. The van der Waals surface area contributed by atoms with E-state index in [0.29, 0.717) is 6.01 Å². The van der Waals surface area contributed by atoms with Crippen molar-refractivity contribution in [1.82, 2.24) is 4.98 Å². The Morgan fingerprint density at radius 2 is 2.71 bits per heavy atom. The van der Waals surface area contributed by atoms with Crippen LogP contribution in [0, 0.1) is 0 Å². The van der Waals surface area contributed by atoms with Gasteiger partial charge >= 0.3 is 0 Å². The van der Waals surface area contributed by atoms with Crippen LogP contribution in [0.5, 0.6) is 0 Å². The maximum atomic E-state index is 4.76. The van der Waals surface area contributed by atoms with Crippen molar-refractivity contribution in [3.05, 3.63) is 12.5 Å². The molecule has 0 fully saturated rings. The lowest BCUT2D eigenvalue weighted by Crippen LogP contribution is -1.84. The predicted octanol–water partition coefficient (Wildman–Crippen LogP) is 0.716. The first-order valence-corrected chi connectivity index (χ1v) is 2.00. The van der Waals surface area contributed by atoms with Crippen molar-refractivity contribution in [3.8, 4) is 0 Å². The molecule has 0 unspecified atom stereocenters. The zero-order valence-electron chi connectivity index (χ0n) is 4.01. The highest BCUT2D eigenvalue weighted by Gasteiger charge is 1.84. The molecule has 0 radical (unpaired) electrons. The van der Waals surface area contributed by atoms with Crippen molar-refractivity contribution < 1.29 is 4.42 Å². The molecule has 0 saturated heterocycles. The van der Waals surface area contributed by atoms with Gasteiger partial charge in [0.2, 0.25) is 0 Å². The SMILES string of the molecule is CNc1ncco1. The lowest BCUT2D eigenvalue weighted by atomic mass is 11.0. The molecule has 0 saturated carbocycles. The van der Waals surface area contributed by atoms with Crippen LogP contribution < -0.4 is 5.32 Å². The standard InChI is InChI=1S/C4H6N2O/c1-5-4-6-2-3-7-4/h2-3H,1H3,(H,5,6). The van der Waals surface area contributed by atoms with E-state index in [1.54, 1.807) is 13.2 Å². The van der Waals surface area contributed by atoms with Crippen molar-refractivity contribution in [2.75, 3.05) is 12.4 Å². The third-order valence-corrected chi connectivity index (χ3v) is 0.646. The second-order valence-corrected chi connectivity index (χ2v) is 1.09. The van der Waals surface area contributed by atoms with Crippen molar-refractivity contribution in [1.29, 1.82) is 0 Å². The van der Waals surface area contributed by atoms with E-state index in [9.17, 15) is 0 Å². The van der Waals surface area contributed by atoms with E-state index >= 15 is 0 Å². The van der Waals surface area contributed by atoms with E-state index in [0.717, 1.165) is 0 Å². The normalized spacial score (nSPS) is 8.71. The third kappa shape index (κ3) is 0.707. The summed E-state index contributed by atoms with van der Waals surface area (Å²) >= 11 is 0. The number of aromatic nitrogens is 1. The van der Waals surface area contributed by atoms with Gasteiger partial charge in [0.1, 0.15) is 6.26 Å². The van der Waals surface area contributed by atoms with Crippen LogP contribution in [-0.4, -0.2) is 12.0 Å². The van der Waals surface area contributed by atoms with Gasteiger partial charge in [-0.15, -0.1) is 0 Å². The summed E-state index contributed by atoms with van der Waals surface area (Å²) in [5, 5.41) is 2.73. The van der Waals surface area contributed by atoms with Crippen molar-refractivity contribution in [3.63, 3.8) is 0 Å². The summed E-state index contributed by atoms with van der Waals surface area (Å²) in [4.78, 5) is 3.76. The van der Waals surface area contributed by atoms with E-state index in [4.69, 9.17) is 4.42 Å². The van der Waals surface area contributed by atoms with E-state index in [-0.39, 0.29) is 0 Å². The topological polar surface area (TPSA) is 38.1 Å². The first kappa shape index (κ1) is 4.18. The Hall–Kier alpha value is -0.990. The summed E-state index contributed by atoms with van der Waals surface area (Å²) in [5.41, 5.74) is 0. The molecule has 0 atom stereocenters. The first-order valence-electron chi connectivity index (χ1n) is 2.00. The molecule has 1 aromatic rings. The summed E-state index contributed by atoms with van der Waals surface area (Å²) in [6, 6.07) is 0.556. The molecule has 0 amide bonds. The van der Waals surface area contributed by atoms with E-state index < -0.39 is 0 Å². The minimum absolute atomic E-state index is 0.556. The van der Waals surface area contributed by atoms with Gasteiger partial charge in [-0.3, -0.25) is 0 Å². The van der Waals surface area contributed by atoms with Crippen LogP contribution in [0.3, 0.4) is 0 Å². The Morgan fingerprint density at radius 1 is 1.86 bits per heavy atom. The summed E-state index contributed by atoms with van der Waals surface area (Å²) in [6.07, 6.45) is 3.11. The van der Waals surface area contributed by atoms with Gasteiger partial charge in [0.25, 0.3) is 6.01 Å². The van der Waals surface area contributed by atoms with Gasteiger partial charge in [-0.25, -0.2) is 4.98 Å². The Labute approximate surface area is 41.4 Å². The highest BCUT2D eigenvalue weighted by Crippen LogP contribution is 1.96. The average molecular weight is 98.1 g/mol. The highest BCUT2D eigenvalue weighted by atomic mass is 16.4. The molecule has 1 N–H and O–H groups in total. The Kier molecular flexibility index (Phi) is 0.978. The number of anilines is 1. The smallest absolute Gasteiger partial charge is 0.294 e. The molecule has 1 rings (SSSR count). The fraction of sp³-hybridized carbons (Fsp3) is 0.250. The molecule has 0 aliphatic heterocycles. The maximum absolute atomic E-state index is 4.76. The lowest BCUT2D eigenvalue weighted by molar-refractivity contribution is 0.575. The summed E-state index contributed by atoms with van der Waals surface area (Å²) in [6.45, 7) is 0. The molecule has 3 nitrogen and oxygen atoms in total. The van der Waals surface area contributed by atoms with Crippen LogP contribution in [-0.2, 0) is 0 Å². The van der Waals surface area contributed by atoms with Crippen LogP contribution in [0.2, 0.25) is 0 Å². The molecular formula is C4H6N2O. The van der Waals surface area contributed by atoms with Crippen LogP contribution in [0.15, 0.2) is 16.9 Å². The molecule has 0 aliphatic carbocycles. The van der Waals surface area contributed by atoms with Crippen LogP contribution >= 0.6 is 0 Å². The quantitative estimate of drug-likeness (QED) is 0.562. The minimum atomic E-state index is 0.556. The van der Waals surface area contributed by atoms with Gasteiger partial charge < -0.3 is 9.73 Å². The number of nitrogens with zero attached hydrogens (tertiary/aromatic N) is 1. The number of rotatable bonds is 1. The zero-order valence-corrected chi connectivity index (χ0v) is 4.01. The van der Waals surface area contributed by atoms with Gasteiger partial charge in [-0.1, -0.05) is 0 Å². The molecule has 38 valence electrons. The van der Waals surface area contributed by atoms with Gasteiger partial charge in [0.05, 0.1) is 6.20 Å². The van der Waals surface area contributed by atoms with Crippen LogP contribution in [0.4, 0.5) is 6.01 Å². The molecule has 0 bridgehead atoms. The van der Waals surface area contributed by atoms with E-state index in [1.165, 1.54) is 6.26 Å². The first-order chi connectivity index (χ1) is 3.43. The zero-order chi connectivity index (χ0) is 5.11. The molecular weight excluding hydrogens is 92.1 g/mol. The van der Waals surface area contributed by atoms with Crippen molar-refractivity contribution >= 4 is 6.01 Å². The molecule has 1 heterocycles. The molecule has 0 aliphatic rings. The van der Waals surface area contributed by atoms with Crippen molar-refractivity contribution in [2.45, 2.75) is 0 Å². The van der Waals surface area contributed by atoms with Crippen molar-refractivity contribution in [2.24, 2.45) is 0 Å². The molecule has 1 aromatic heterocycles. The van der Waals surface area contributed by atoms with Gasteiger partial charge in [-0.2, -0.15) is 0 Å². The Bertz CT molecular complexity index is 124. The minimum Gasteiger partial charge on any atom is -0.432 e. The fourth-order valence-electron chi connectivity index (χ4n) is 0.347. The summed E-state index contributed by atoms with van der Waals surface area (Å²) in [5.74, 6) is 0. The second-order valence-electron chi connectivity index (χ2n) is 1.09. The average Bonchev–Trinajstić information content (AvgIpc) is 2.14. The third-order valence-electron chi connectivity index (χ3n) is 0.646. The number of hydrogen-bond acceptors (Lipinski definition) is 3. The molecule has 0 spiro atoms. The monoisotopic (exact) mass is 98.0 g/mol. The number of oxazole rings is 1. The summed E-state index contributed by atoms with van der Waals surface area (Å²) in [7, 11) is 1.76. The second kappa shape index (κ2) is 1.64. The maximum Gasteiger partial charge on any atom is 0.294 e. The molecule has 0 aromatic carbocycles. The number of nitrogens with one attached hydrogen (secondary N) is 1. The largest absolute Gasteiger partial charge is 0.432 e. The van der Waals surface area contributed by atoms with E-state index in [2.05, 4.69) is 10.3 Å². The van der Waals surface area contributed by atoms with Gasteiger partial charge in [0, 0.05) is 7.05 Å². The number of hydrogen-bond donors (Lipinski definition) is 1. The van der Waals surface area contributed by atoms with E-state index in [1.807, 2.05) is 0 Å². The highest BCUT2D eigenvalue weighted by molar-refractivity contribution is 5.14. The molecule has 7 heavy (non-hydrogen) atoms. The van der Waals surface area contributed by atoms with Gasteiger partial charge in [-0.05, 0) is 0 Å². The molecule has 3 heteroatoms.